The third kappa shape index (κ3) is 4.04. The topological polar surface area (TPSA) is 55.3 Å². The molecule has 1 aromatic heterocycles. The number of hydrogen-bond acceptors (Lipinski definition) is 4. The van der Waals surface area contributed by atoms with Crippen LogP contribution in [0.1, 0.15) is 18.4 Å². The lowest BCUT2D eigenvalue weighted by Crippen LogP contribution is -2.45. The number of benzene rings is 1. The van der Waals surface area contributed by atoms with Gasteiger partial charge in [-0.2, -0.15) is 0 Å². The summed E-state index contributed by atoms with van der Waals surface area (Å²) < 4.78 is 32.4. The maximum absolute atomic E-state index is 13.7. The van der Waals surface area contributed by atoms with Gasteiger partial charge in [-0.15, -0.1) is 0 Å². The first-order chi connectivity index (χ1) is 11.6. The summed E-state index contributed by atoms with van der Waals surface area (Å²) in [4.78, 5) is 22.0. The first kappa shape index (κ1) is 16.3. The Hall–Kier alpha value is -2.57. The molecule has 24 heavy (non-hydrogen) atoms. The minimum atomic E-state index is -0.701. The van der Waals surface area contributed by atoms with Crippen molar-refractivity contribution in [1.82, 2.24) is 14.9 Å². The highest BCUT2D eigenvalue weighted by Crippen LogP contribution is 2.18. The SMILES string of the molecule is O=C(Cc1ccc(F)cc1F)N1CCCC(Oc2cnccn2)C1. The van der Waals surface area contributed by atoms with Crippen molar-refractivity contribution < 1.29 is 18.3 Å². The Balaban J connectivity index is 1.60. The van der Waals surface area contributed by atoms with E-state index >= 15 is 0 Å². The fourth-order valence-electron chi connectivity index (χ4n) is 2.72. The number of likely N-dealkylation sites (tertiary alicyclic amines) is 1. The van der Waals surface area contributed by atoms with Crippen LogP contribution >= 0.6 is 0 Å². The predicted molar refractivity (Wildman–Crippen MR) is 82.3 cm³/mol. The lowest BCUT2D eigenvalue weighted by molar-refractivity contribution is -0.133. The molecular weight excluding hydrogens is 316 g/mol. The Bertz CT molecular complexity index is 712. The molecular formula is C17H17F2N3O2. The second kappa shape index (κ2) is 7.33. The Morgan fingerprint density at radius 2 is 2.21 bits per heavy atom. The van der Waals surface area contributed by atoms with Crippen LogP contribution in [-0.2, 0) is 11.2 Å². The Morgan fingerprint density at radius 3 is 2.96 bits per heavy atom. The third-order valence-electron chi connectivity index (χ3n) is 3.91. The van der Waals surface area contributed by atoms with E-state index in [-0.39, 0.29) is 24.0 Å². The van der Waals surface area contributed by atoms with Gasteiger partial charge in [0, 0.05) is 25.0 Å². The van der Waals surface area contributed by atoms with E-state index in [1.165, 1.54) is 12.3 Å². The minimum absolute atomic E-state index is 0.0933. The smallest absolute Gasteiger partial charge is 0.232 e. The number of nitrogens with zero attached hydrogens (tertiary/aromatic N) is 3. The average Bonchev–Trinajstić information content (AvgIpc) is 2.58. The quantitative estimate of drug-likeness (QED) is 0.862. The molecule has 1 saturated heterocycles. The van der Waals surface area contributed by atoms with Gasteiger partial charge in [0.25, 0.3) is 0 Å². The summed E-state index contributed by atoms with van der Waals surface area (Å²) in [7, 11) is 0. The van der Waals surface area contributed by atoms with Crippen LogP contribution in [0.5, 0.6) is 5.88 Å². The Labute approximate surface area is 138 Å². The van der Waals surface area contributed by atoms with Crippen LogP contribution in [0.3, 0.4) is 0 Å². The predicted octanol–water partition coefficient (Wildman–Crippen LogP) is 2.37. The zero-order chi connectivity index (χ0) is 16.9. The van der Waals surface area contributed by atoms with Crippen LogP contribution in [0.2, 0.25) is 0 Å². The van der Waals surface area contributed by atoms with Gasteiger partial charge in [-0.25, -0.2) is 13.8 Å². The highest BCUT2D eigenvalue weighted by molar-refractivity contribution is 5.79. The highest BCUT2D eigenvalue weighted by Gasteiger charge is 2.25. The summed E-state index contributed by atoms with van der Waals surface area (Å²) in [6.07, 6.45) is 5.96. The van der Waals surface area contributed by atoms with Crippen molar-refractivity contribution in [1.29, 1.82) is 0 Å². The zero-order valence-corrected chi connectivity index (χ0v) is 13.0. The molecule has 0 spiro atoms. The average molecular weight is 333 g/mol. The first-order valence-electron chi connectivity index (χ1n) is 7.76. The van der Waals surface area contributed by atoms with E-state index in [0.717, 1.165) is 25.0 Å². The van der Waals surface area contributed by atoms with Gasteiger partial charge in [0.1, 0.15) is 17.7 Å². The lowest BCUT2D eigenvalue weighted by atomic mass is 10.1. The molecule has 1 atom stereocenters. The van der Waals surface area contributed by atoms with Crippen LogP contribution in [0.25, 0.3) is 0 Å². The van der Waals surface area contributed by atoms with Crippen molar-refractivity contribution in [2.24, 2.45) is 0 Å². The lowest BCUT2D eigenvalue weighted by Gasteiger charge is -2.32. The standard InChI is InChI=1S/C17H17F2N3O2/c18-13-4-3-12(15(19)9-13)8-17(23)22-7-1-2-14(11-22)24-16-10-20-5-6-21-16/h3-6,9-10,14H,1-2,7-8,11H2. The summed E-state index contributed by atoms with van der Waals surface area (Å²) in [5.41, 5.74) is 0.193. The number of hydrogen-bond donors (Lipinski definition) is 0. The van der Waals surface area contributed by atoms with Gasteiger partial charge >= 0.3 is 0 Å². The van der Waals surface area contributed by atoms with E-state index < -0.39 is 11.6 Å². The van der Waals surface area contributed by atoms with E-state index in [2.05, 4.69) is 9.97 Å². The summed E-state index contributed by atoms with van der Waals surface area (Å²) in [5, 5.41) is 0. The van der Waals surface area contributed by atoms with Gasteiger partial charge < -0.3 is 9.64 Å². The number of rotatable bonds is 4. The molecule has 1 fully saturated rings. The number of amides is 1. The molecule has 1 aromatic carbocycles. The second-order valence-corrected chi connectivity index (χ2v) is 5.68. The molecule has 1 amide bonds. The number of carbonyl (C=O) groups excluding carboxylic acids is 1. The van der Waals surface area contributed by atoms with Gasteiger partial charge in [0.05, 0.1) is 19.2 Å². The summed E-state index contributed by atoms with van der Waals surface area (Å²) in [6, 6.07) is 3.25. The van der Waals surface area contributed by atoms with Gasteiger partial charge in [0.15, 0.2) is 0 Å². The molecule has 0 N–H and O–H groups in total. The number of ether oxygens (including phenoxy) is 1. The Morgan fingerprint density at radius 1 is 1.33 bits per heavy atom. The van der Waals surface area contributed by atoms with Crippen molar-refractivity contribution in [3.63, 3.8) is 0 Å². The fourth-order valence-corrected chi connectivity index (χ4v) is 2.72. The summed E-state index contributed by atoms with van der Waals surface area (Å²) in [5.74, 6) is -1.14. The van der Waals surface area contributed by atoms with E-state index in [1.54, 1.807) is 17.3 Å². The molecule has 7 heteroatoms. The molecule has 3 rings (SSSR count). The van der Waals surface area contributed by atoms with Gasteiger partial charge in [-0.3, -0.25) is 9.78 Å². The largest absolute Gasteiger partial charge is 0.471 e. The monoisotopic (exact) mass is 333 g/mol. The zero-order valence-electron chi connectivity index (χ0n) is 13.0. The normalized spacial score (nSPS) is 17.6. The molecule has 2 aromatic rings. The molecule has 5 nitrogen and oxygen atoms in total. The number of halogens is 2. The molecule has 126 valence electrons. The first-order valence-corrected chi connectivity index (χ1v) is 7.76. The number of piperidine rings is 1. The summed E-state index contributed by atoms with van der Waals surface area (Å²) in [6.45, 7) is 1.01. The van der Waals surface area contributed by atoms with Crippen LogP contribution in [-0.4, -0.2) is 40.0 Å². The van der Waals surface area contributed by atoms with Crippen molar-refractivity contribution in [2.45, 2.75) is 25.4 Å². The second-order valence-electron chi connectivity index (χ2n) is 5.68. The highest BCUT2D eigenvalue weighted by atomic mass is 19.1. The molecule has 0 bridgehead atoms. The minimum Gasteiger partial charge on any atom is -0.471 e. The number of aromatic nitrogens is 2. The van der Waals surface area contributed by atoms with E-state index in [0.29, 0.717) is 19.0 Å². The van der Waals surface area contributed by atoms with Gasteiger partial charge in [0.2, 0.25) is 11.8 Å². The number of carbonyl (C=O) groups is 1. The summed E-state index contributed by atoms with van der Waals surface area (Å²) >= 11 is 0. The molecule has 1 aliphatic rings. The van der Waals surface area contributed by atoms with Crippen LogP contribution in [0, 0.1) is 11.6 Å². The van der Waals surface area contributed by atoms with E-state index in [9.17, 15) is 13.6 Å². The molecule has 0 aliphatic carbocycles. The van der Waals surface area contributed by atoms with E-state index in [1.807, 2.05) is 0 Å². The molecule has 0 radical (unpaired) electrons. The van der Waals surface area contributed by atoms with Crippen LogP contribution in [0.4, 0.5) is 8.78 Å². The van der Waals surface area contributed by atoms with Crippen molar-refractivity contribution in [3.8, 4) is 5.88 Å². The van der Waals surface area contributed by atoms with Crippen LogP contribution in [0.15, 0.2) is 36.8 Å². The van der Waals surface area contributed by atoms with Crippen molar-refractivity contribution in [3.05, 3.63) is 54.0 Å². The molecule has 1 aliphatic heterocycles. The van der Waals surface area contributed by atoms with E-state index in [4.69, 9.17) is 4.74 Å². The molecule has 2 heterocycles. The third-order valence-corrected chi connectivity index (χ3v) is 3.91. The fraction of sp³-hybridized carbons (Fsp3) is 0.353. The molecule has 0 saturated carbocycles. The maximum atomic E-state index is 13.7. The molecule has 1 unspecified atom stereocenters. The Kier molecular flexibility index (Phi) is 4.98. The van der Waals surface area contributed by atoms with Gasteiger partial charge in [-0.1, -0.05) is 6.07 Å². The van der Waals surface area contributed by atoms with Gasteiger partial charge in [-0.05, 0) is 24.5 Å². The maximum Gasteiger partial charge on any atom is 0.232 e. The van der Waals surface area contributed by atoms with Crippen molar-refractivity contribution >= 4 is 5.91 Å². The van der Waals surface area contributed by atoms with Crippen molar-refractivity contribution in [2.75, 3.05) is 13.1 Å². The van der Waals surface area contributed by atoms with Crippen LogP contribution < -0.4 is 4.74 Å².